The Kier molecular flexibility index (Phi) is 4.28. The van der Waals surface area contributed by atoms with Crippen molar-refractivity contribution in [2.45, 2.75) is 18.0 Å². The third-order valence-corrected chi connectivity index (χ3v) is 3.72. The maximum absolute atomic E-state index is 10.5. The Labute approximate surface area is 115 Å². The number of carbonyl (C=O) groups is 1. The largest absolute Gasteiger partial charge is 0.481 e. The molecule has 0 aromatic heterocycles. The number of aliphatic imine (C=N–C) groups is 1. The minimum atomic E-state index is -1.43. The molecule has 1 heterocycles. The molecule has 0 fully saturated rings. The zero-order valence-electron chi connectivity index (χ0n) is 10.2. The number of aliphatic hydroxyl groups is 1. The van der Waals surface area contributed by atoms with E-state index in [0.717, 1.165) is 5.69 Å². The molecule has 6 nitrogen and oxygen atoms in total. The highest BCUT2D eigenvalue weighted by atomic mass is 32.2. The number of nitrogens with one attached hydrogen (secondary N) is 1. The van der Waals surface area contributed by atoms with Gasteiger partial charge in [0, 0.05) is 12.2 Å². The summed E-state index contributed by atoms with van der Waals surface area (Å²) in [4.78, 5) is 14.4. The van der Waals surface area contributed by atoms with E-state index < -0.39 is 11.2 Å². The molecule has 2 rings (SSSR count). The first-order valence-electron chi connectivity index (χ1n) is 5.85. The number of hydrogen-bond acceptors (Lipinski definition) is 6. The van der Waals surface area contributed by atoms with Crippen LogP contribution in [0.15, 0.2) is 35.3 Å². The third-order valence-electron chi connectivity index (χ3n) is 2.56. The van der Waals surface area contributed by atoms with Crippen molar-refractivity contribution in [3.05, 3.63) is 30.3 Å². The molecule has 7 heteroatoms. The zero-order valence-corrected chi connectivity index (χ0v) is 11.0. The van der Waals surface area contributed by atoms with Crippen LogP contribution in [-0.4, -0.2) is 33.5 Å². The summed E-state index contributed by atoms with van der Waals surface area (Å²) in [7, 11) is 0. The second kappa shape index (κ2) is 5.94. The lowest BCUT2D eigenvalue weighted by Crippen LogP contribution is -2.47. The third kappa shape index (κ3) is 3.39. The van der Waals surface area contributed by atoms with E-state index in [-0.39, 0.29) is 6.42 Å². The van der Waals surface area contributed by atoms with Gasteiger partial charge >= 0.3 is 11.2 Å². The lowest BCUT2D eigenvalue weighted by molar-refractivity contribution is -0.137. The highest BCUT2D eigenvalue weighted by Crippen LogP contribution is 2.33. The van der Waals surface area contributed by atoms with Gasteiger partial charge in [0.25, 0.3) is 0 Å². The Morgan fingerprint density at radius 1 is 1.42 bits per heavy atom. The summed E-state index contributed by atoms with van der Waals surface area (Å²) in [5, 5.41) is 19.1. The first kappa shape index (κ1) is 13.7. The van der Waals surface area contributed by atoms with Crippen molar-refractivity contribution >= 4 is 29.8 Å². The van der Waals surface area contributed by atoms with Gasteiger partial charge in [-0.15, -0.1) is 0 Å². The molecule has 0 saturated heterocycles. The molecule has 1 aromatic carbocycles. The van der Waals surface area contributed by atoms with Crippen molar-refractivity contribution < 1.29 is 15.0 Å². The van der Waals surface area contributed by atoms with Gasteiger partial charge < -0.3 is 10.2 Å². The molecule has 19 heavy (non-hydrogen) atoms. The molecule has 0 amide bonds. The first-order chi connectivity index (χ1) is 9.12. The average molecular weight is 281 g/mol. The van der Waals surface area contributed by atoms with Crippen LogP contribution in [0.5, 0.6) is 0 Å². The maximum Gasteiger partial charge on any atom is 0.308 e. The number of benzene rings is 1. The smallest absolute Gasteiger partial charge is 0.308 e. The van der Waals surface area contributed by atoms with Crippen LogP contribution in [-0.2, 0) is 4.79 Å². The van der Waals surface area contributed by atoms with E-state index >= 15 is 0 Å². The molecule has 0 saturated carbocycles. The minimum absolute atomic E-state index is 0.0888. The van der Waals surface area contributed by atoms with Crippen molar-refractivity contribution in [1.82, 2.24) is 5.43 Å². The van der Waals surface area contributed by atoms with Gasteiger partial charge in [-0.1, -0.05) is 30.0 Å². The summed E-state index contributed by atoms with van der Waals surface area (Å²) >= 11 is 1.19. The van der Waals surface area contributed by atoms with E-state index in [1.54, 1.807) is 5.01 Å². The van der Waals surface area contributed by atoms with Gasteiger partial charge in [-0.05, 0) is 18.6 Å². The van der Waals surface area contributed by atoms with E-state index in [4.69, 9.17) is 5.11 Å². The van der Waals surface area contributed by atoms with Crippen LogP contribution in [0, 0.1) is 0 Å². The number of para-hydroxylation sites is 1. The normalized spacial score (nSPS) is 21.4. The summed E-state index contributed by atoms with van der Waals surface area (Å²) in [6.07, 6.45) is 2.00. The molecular formula is C12H15N3O3S. The number of rotatable bonds is 6. The van der Waals surface area contributed by atoms with Crippen LogP contribution >= 0.6 is 11.8 Å². The van der Waals surface area contributed by atoms with Crippen molar-refractivity contribution in [2.24, 2.45) is 4.99 Å². The topological polar surface area (TPSA) is 85.2 Å². The average Bonchev–Trinajstić information content (AvgIpc) is 2.78. The Hall–Kier alpha value is -1.73. The monoisotopic (exact) mass is 281 g/mol. The van der Waals surface area contributed by atoms with Gasteiger partial charge in [-0.25, -0.2) is 10.0 Å². The molecule has 102 valence electrons. The van der Waals surface area contributed by atoms with E-state index in [0.29, 0.717) is 12.2 Å². The minimum Gasteiger partial charge on any atom is -0.481 e. The van der Waals surface area contributed by atoms with Crippen molar-refractivity contribution in [2.75, 3.05) is 10.8 Å². The Bertz CT molecular complexity index is 469. The van der Waals surface area contributed by atoms with Gasteiger partial charge in [0.1, 0.15) is 6.34 Å². The van der Waals surface area contributed by atoms with Gasteiger partial charge in [-0.3, -0.25) is 10.2 Å². The molecule has 1 aromatic rings. The molecule has 1 unspecified atom stereocenters. The van der Waals surface area contributed by atoms with Crippen LogP contribution in [0.2, 0.25) is 0 Å². The molecule has 1 atom stereocenters. The molecule has 0 aliphatic carbocycles. The zero-order chi connectivity index (χ0) is 13.7. The lowest BCUT2D eigenvalue weighted by atomic mass is 10.3. The van der Waals surface area contributed by atoms with Crippen LogP contribution < -0.4 is 10.4 Å². The van der Waals surface area contributed by atoms with Crippen molar-refractivity contribution in [3.63, 3.8) is 0 Å². The van der Waals surface area contributed by atoms with E-state index in [1.807, 2.05) is 30.3 Å². The lowest BCUT2D eigenvalue weighted by Gasteiger charge is -2.31. The van der Waals surface area contributed by atoms with E-state index in [9.17, 15) is 9.90 Å². The second-order valence-electron chi connectivity index (χ2n) is 3.98. The first-order valence-corrected chi connectivity index (χ1v) is 6.84. The van der Waals surface area contributed by atoms with Crippen LogP contribution in [0.3, 0.4) is 0 Å². The summed E-state index contributed by atoms with van der Waals surface area (Å²) in [6.45, 7) is 0. The summed E-state index contributed by atoms with van der Waals surface area (Å²) in [6, 6.07) is 9.32. The van der Waals surface area contributed by atoms with Gasteiger partial charge in [0.05, 0.1) is 5.69 Å². The fourth-order valence-electron chi connectivity index (χ4n) is 1.67. The number of carboxylic acid groups (broad SMARTS) is 1. The number of anilines is 1. The predicted molar refractivity (Wildman–Crippen MR) is 74.8 cm³/mol. The highest BCUT2D eigenvalue weighted by molar-refractivity contribution is 8.00. The number of hydrazine groups is 1. The standard InChI is InChI=1S/C12H15N3O3S/c16-11(17)7-4-8-19-12(18)13-9-14-15(12)10-5-2-1-3-6-10/h1-3,5-6,9,18H,4,7-8H2,(H,13,14)(H,16,17). The van der Waals surface area contributed by atoms with Gasteiger partial charge in [0.2, 0.25) is 0 Å². The fraction of sp³-hybridized carbons (Fsp3) is 0.333. The fourth-order valence-corrected chi connectivity index (χ4v) is 2.64. The van der Waals surface area contributed by atoms with E-state index in [2.05, 4.69) is 10.4 Å². The van der Waals surface area contributed by atoms with Gasteiger partial charge in [0.15, 0.2) is 0 Å². The predicted octanol–water partition coefficient (Wildman–Crippen LogP) is 1.24. The molecule has 0 radical (unpaired) electrons. The molecule has 1 aliphatic rings. The number of carboxylic acids is 1. The van der Waals surface area contributed by atoms with Gasteiger partial charge in [-0.2, -0.15) is 0 Å². The van der Waals surface area contributed by atoms with Crippen LogP contribution in [0.1, 0.15) is 12.8 Å². The molecule has 0 spiro atoms. The molecule has 3 N–H and O–H groups in total. The molecular weight excluding hydrogens is 266 g/mol. The maximum atomic E-state index is 10.5. The van der Waals surface area contributed by atoms with Crippen molar-refractivity contribution in [1.29, 1.82) is 0 Å². The summed E-state index contributed by atoms with van der Waals surface area (Å²) in [5.74, 6) is -0.328. The van der Waals surface area contributed by atoms with Crippen LogP contribution in [0.4, 0.5) is 5.69 Å². The highest BCUT2D eigenvalue weighted by Gasteiger charge is 2.38. The van der Waals surface area contributed by atoms with Crippen molar-refractivity contribution in [3.8, 4) is 0 Å². The number of nitrogens with zero attached hydrogens (tertiary/aromatic N) is 2. The SMILES string of the molecule is O=C(O)CCCSC1(O)N=CNN1c1ccccc1. The summed E-state index contributed by atoms with van der Waals surface area (Å²) in [5.41, 5.74) is 3.65. The van der Waals surface area contributed by atoms with Crippen LogP contribution in [0.25, 0.3) is 0 Å². The number of hydrogen-bond donors (Lipinski definition) is 3. The molecule has 1 aliphatic heterocycles. The Morgan fingerprint density at radius 2 is 2.16 bits per heavy atom. The number of aliphatic carboxylic acids is 1. The summed E-state index contributed by atoms with van der Waals surface area (Å²) < 4.78 is 0. The second-order valence-corrected chi connectivity index (χ2v) is 5.22. The number of thioether (sulfide) groups is 1. The Morgan fingerprint density at radius 3 is 2.84 bits per heavy atom. The Balaban J connectivity index is 1.96. The van der Waals surface area contributed by atoms with E-state index in [1.165, 1.54) is 18.1 Å². The quantitative estimate of drug-likeness (QED) is 0.537. The molecule has 0 bridgehead atoms.